The lowest BCUT2D eigenvalue weighted by Crippen LogP contribution is -1.93. The lowest BCUT2D eigenvalue weighted by molar-refractivity contribution is 0.398. The molecular formula is C16H15N3O. The molecule has 0 unspecified atom stereocenters. The van der Waals surface area contributed by atoms with Gasteiger partial charge in [0.1, 0.15) is 0 Å². The number of rotatable bonds is 4. The van der Waals surface area contributed by atoms with Crippen molar-refractivity contribution >= 4 is 17.0 Å². The van der Waals surface area contributed by atoms with Gasteiger partial charge >= 0.3 is 0 Å². The summed E-state index contributed by atoms with van der Waals surface area (Å²) in [5, 5.41) is 1.11. The van der Waals surface area contributed by atoms with Crippen molar-refractivity contribution in [3.05, 3.63) is 60.7 Å². The number of para-hydroxylation sites is 1. The SMILES string of the molecule is COc1nc2ccccc2cc1C=CCn1ccnc1. The first kappa shape index (κ1) is 12.4. The Morgan fingerprint density at radius 3 is 3.00 bits per heavy atom. The van der Waals surface area contributed by atoms with Crippen LogP contribution in [-0.2, 0) is 6.54 Å². The summed E-state index contributed by atoms with van der Waals surface area (Å²) in [4.78, 5) is 8.53. The first-order valence-electron chi connectivity index (χ1n) is 6.43. The number of hydrogen-bond acceptors (Lipinski definition) is 3. The van der Waals surface area contributed by atoms with Crippen molar-refractivity contribution in [3.8, 4) is 5.88 Å². The smallest absolute Gasteiger partial charge is 0.221 e. The minimum Gasteiger partial charge on any atom is -0.481 e. The fraction of sp³-hybridized carbons (Fsp3) is 0.125. The van der Waals surface area contributed by atoms with Gasteiger partial charge in [-0.1, -0.05) is 30.4 Å². The minimum absolute atomic E-state index is 0.644. The van der Waals surface area contributed by atoms with E-state index in [0.717, 1.165) is 23.0 Å². The summed E-state index contributed by atoms with van der Waals surface area (Å²) in [5.74, 6) is 0.644. The van der Waals surface area contributed by atoms with E-state index in [1.54, 1.807) is 19.6 Å². The van der Waals surface area contributed by atoms with Gasteiger partial charge < -0.3 is 9.30 Å². The molecule has 0 saturated carbocycles. The van der Waals surface area contributed by atoms with Crippen molar-refractivity contribution in [2.45, 2.75) is 6.54 Å². The quantitative estimate of drug-likeness (QED) is 0.727. The summed E-state index contributed by atoms with van der Waals surface area (Å²) >= 11 is 0. The Morgan fingerprint density at radius 1 is 1.30 bits per heavy atom. The zero-order valence-electron chi connectivity index (χ0n) is 11.2. The zero-order chi connectivity index (χ0) is 13.8. The summed E-state index contributed by atoms with van der Waals surface area (Å²) in [6.07, 6.45) is 9.58. The van der Waals surface area contributed by atoms with E-state index in [0.29, 0.717) is 5.88 Å². The van der Waals surface area contributed by atoms with Crippen LogP contribution in [0.1, 0.15) is 5.56 Å². The van der Waals surface area contributed by atoms with Gasteiger partial charge in [0.15, 0.2) is 0 Å². The Balaban J connectivity index is 1.91. The Kier molecular flexibility index (Phi) is 3.46. The van der Waals surface area contributed by atoms with Gasteiger partial charge in [-0.2, -0.15) is 0 Å². The van der Waals surface area contributed by atoms with Crippen molar-refractivity contribution in [1.29, 1.82) is 0 Å². The second-order valence-corrected chi connectivity index (χ2v) is 4.44. The molecule has 0 N–H and O–H groups in total. The van der Waals surface area contributed by atoms with E-state index in [-0.39, 0.29) is 0 Å². The van der Waals surface area contributed by atoms with Crippen LogP contribution >= 0.6 is 0 Å². The van der Waals surface area contributed by atoms with Gasteiger partial charge in [0, 0.05) is 29.9 Å². The van der Waals surface area contributed by atoms with E-state index >= 15 is 0 Å². The molecule has 0 saturated heterocycles. The molecule has 1 aromatic carbocycles. The minimum atomic E-state index is 0.644. The lowest BCUT2D eigenvalue weighted by Gasteiger charge is -2.06. The molecule has 4 nitrogen and oxygen atoms in total. The zero-order valence-corrected chi connectivity index (χ0v) is 11.2. The van der Waals surface area contributed by atoms with Crippen LogP contribution in [0.2, 0.25) is 0 Å². The maximum atomic E-state index is 5.36. The predicted molar refractivity (Wildman–Crippen MR) is 79.6 cm³/mol. The highest BCUT2D eigenvalue weighted by molar-refractivity contribution is 5.82. The Morgan fingerprint density at radius 2 is 2.20 bits per heavy atom. The van der Waals surface area contributed by atoms with E-state index in [2.05, 4.69) is 28.2 Å². The van der Waals surface area contributed by atoms with Crippen molar-refractivity contribution in [2.24, 2.45) is 0 Å². The monoisotopic (exact) mass is 265 g/mol. The third kappa shape index (κ3) is 2.54. The van der Waals surface area contributed by atoms with Gasteiger partial charge in [0.05, 0.1) is 19.0 Å². The number of aromatic nitrogens is 3. The molecule has 2 aromatic heterocycles. The van der Waals surface area contributed by atoms with Gasteiger partial charge in [0.2, 0.25) is 5.88 Å². The highest BCUT2D eigenvalue weighted by atomic mass is 16.5. The fourth-order valence-corrected chi connectivity index (χ4v) is 2.09. The van der Waals surface area contributed by atoms with Gasteiger partial charge in [-0.05, 0) is 12.1 Å². The van der Waals surface area contributed by atoms with Gasteiger partial charge in [-0.25, -0.2) is 9.97 Å². The maximum Gasteiger partial charge on any atom is 0.221 e. The molecule has 0 atom stereocenters. The molecule has 100 valence electrons. The Labute approximate surface area is 117 Å². The summed E-state index contributed by atoms with van der Waals surface area (Å²) in [6, 6.07) is 10.1. The summed E-state index contributed by atoms with van der Waals surface area (Å²) in [7, 11) is 1.64. The number of hydrogen-bond donors (Lipinski definition) is 0. The molecule has 0 radical (unpaired) electrons. The summed E-state index contributed by atoms with van der Waals surface area (Å²) in [6.45, 7) is 0.774. The second-order valence-electron chi connectivity index (χ2n) is 4.44. The third-order valence-electron chi connectivity index (χ3n) is 3.08. The van der Waals surface area contributed by atoms with Crippen LogP contribution in [0, 0.1) is 0 Å². The molecule has 3 rings (SSSR count). The number of methoxy groups -OCH3 is 1. The Bertz CT molecular complexity index is 733. The molecule has 4 heteroatoms. The normalized spacial score (nSPS) is 11.2. The highest BCUT2D eigenvalue weighted by Gasteiger charge is 2.04. The van der Waals surface area contributed by atoms with Crippen molar-refractivity contribution < 1.29 is 4.74 Å². The van der Waals surface area contributed by atoms with Gasteiger partial charge in [-0.15, -0.1) is 0 Å². The molecule has 0 fully saturated rings. The molecule has 0 aliphatic rings. The molecule has 2 heterocycles. The van der Waals surface area contributed by atoms with E-state index in [9.17, 15) is 0 Å². The highest BCUT2D eigenvalue weighted by Crippen LogP contribution is 2.23. The first-order valence-corrected chi connectivity index (χ1v) is 6.43. The molecular weight excluding hydrogens is 250 g/mol. The van der Waals surface area contributed by atoms with Crippen LogP contribution < -0.4 is 4.74 Å². The van der Waals surface area contributed by atoms with Gasteiger partial charge in [0.25, 0.3) is 0 Å². The van der Waals surface area contributed by atoms with Crippen molar-refractivity contribution in [1.82, 2.24) is 14.5 Å². The molecule has 0 amide bonds. The van der Waals surface area contributed by atoms with E-state index in [1.807, 2.05) is 35.0 Å². The molecule has 0 aliphatic heterocycles. The number of nitrogens with zero attached hydrogens (tertiary/aromatic N) is 3. The molecule has 0 bridgehead atoms. The van der Waals surface area contributed by atoms with E-state index in [1.165, 1.54) is 0 Å². The molecule has 3 aromatic rings. The molecule has 20 heavy (non-hydrogen) atoms. The molecule has 0 spiro atoms. The average molecular weight is 265 g/mol. The van der Waals surface area contributed by atoms with Crippen LogP contribution in [0.15, 0.2) is 55.1 Å². The van der Waals surface area contributed by atoms with Gasteiger partial charge in [-0.3, -0.25) is 0 Å². The van der Waals surface area contributed by atoms with Crippen LogP contribution in [0.25, 0.3) is 17.0 Å². The summed E-state index contributed by atoms with van der Waals surface area (Å²) < 4.78 is 7.36. The maximum absolute atomic E-state index is 5.36. The number of benzene rings is 1. The number of pyridine rings is 1. The number of fused-ring (bicyclic) bond motifs is 1. The lowest BCUT2D eigenvalue weighted by atomic mass is 10.1. The number of allylic oxidation sites excluding steroid dienone is 1. The topological polar surface area (TPSA) is 39.9 Å². The molecule has 0 aliphatic carbocycles. The number of imidazole rings is 1. The number of ether oxygens (including phenoxy) is 1. The first-order chi connectivity index (χ1) is 9.86. The summed E-state index contributed by atoms with van der Waals surface area (Å²) in [5.41, 5.74) is 1.92. The van der Waals surface area contributed by atoms with Crippen LogP contribution in [0.3, 0.4) is 0 Å². The average Bonchev–Trinajstić information content (AvgIpc) is 3.00. The predicted octanol–water partition coefficient (Wildman–Crippen LogP) is 3.15. The Hall–Kier alpha value is -2.62. The van der Waals surface area contributed by atoms with Crippen LogP contribution in [0.5, 0.6) is 5.88 Å². The van der Waals surface area contributed by atoms with Crippen LogP contribution in [0.4, 0.5) is 0 Å². The third-order valence-corrected chi connectivity index (χ3v) is 3.08. The van der Waals surface area contributed by atoms with Crippen LogP contribution in [-0.4, -0.2) is 21.6 Å². The standard InChI is InChI=1S/C16H15N3O/c1-20-16-14(6-4-9-19-10-8-17-12-19)11-13-5-2-3-7-15(13)18-16/h2-8,10-12H,9H2,1H3. The van der Waals surface area contributed by atoms with Crippen molar-refractivity contribution in [2.75, 3.05) is 7.11 Å². The largest absolute Gasteiger partial charge is 0.481 e. The second kappa shape index (κ2) is 5.57. The van der Waals surface area contributed by atoms with E-state index in [4.69, 9.17) is 4.74 Å². The van der Waals surface area contributed by atoms with E-state index < -0.39 is 0 Å². The van der Waals surface area contributed by atoms with Crippen molar-refractivity contribution in [3.63, 3.8) is 0 Å². The fourth-order valence-electron chi connectivity index (χ4n) is 2.09.